The molecule has 6 nitrogen and oxygen atoms in total. The maximum atomic E-state index is 5.66. The molecule has 0 saturated carbocycles. The Bertz CT molecular complexity index is 690. The van der Waals surface area contributed by atoms with E-state index in [0.717, 1.165) is 35.2 Å². The van der Waals surface area contributed by atoms with Crippen LogP contribution >= 0.6 is 11.3 Å². The second-order valence-electron chi connectivity index (χ2n) is 5.33. The fourth-order valence-electron chi connectivity index (χ4n) is 3.03. The van der Waals surface area contributed by atoms with Crippen molar-refractivity contribution in [1.82, 2.24) is 9.88 Å². The average molecular weight is 319 g/mol. The van der Waals surface area contributed by atoms with Crippen LogP contribution in [0.25, 0.3) is 0 Å². The Balaban J connectivity index is 1.82. The van der Waals surface area contributed by atoms with Gasteiger partial charge in [-0.25, -0.2) is 4.98 Å². The summed E-state index contributed by atoms with van der Waals surface area (Å²) < 4.78 is 16.8. The number of hydrogen-bond donors (Lipinski definition) is 1. The van der Waals surface area contributed by atoms with Gasteiger partial charge in [0, 0.05) is 23.7 Å². The lowest BCUT2D eigenvalue weighted by molar-refractivity contribution is 0.170. The summed E-state index contributed by atoms with van der Waals surface area (Å²) in [7, 11) is 3.77. The van der Waals surface area contributed by atoms with E-state index in [4.69, 9.17) is 14.2 Å². The highest BCUT2D eigenvalue weighted by Gasteiger charge is 2.34. The summed E-state index contributed by atoms with van der Waals surface area (Å²) in [5.74, 6) is 2.22. The number of fused-ring (bicyclic) bond motifs is 2. The molecule has 0 amide bonds. The maximum Gasteiger partial charge on any atom is 0.231 e. The molecule has 0 bridgehead atoms. The number of hydrogen-bond acceptors (Lipinski definition) is 7. The van der Waals surface area contributed by atoms with Crippen LogP contribution < -0.4 is 19.5 Å². The van der Waals surface area contributed by atoms with Gasteiger partial charge in [-0.05, 0) is 25.1 Å². The van der Waals surface area contributed by atoms with Gasteiger partial charge in [0.1, 0.15) is 6.17 Å². The third kappa shape index (κ3) is 2.08. The predicted molar refractivity (Wildman–Crippen MR) is 83.9 cm³/mol. The number of methoxy groups -OCH3 is 1. The van der Waals surface area contributed by atoms with Crippen LogP contribution in [0.5, 0.6) is 17.2 Å². The number of aromatic nitrogens is 1. The lowest BCUT2D eigenvalue weighted by Crippen LogP contribution is -2.37. The minimum atomic E-state index is -0.000602. The van der Waals surface area contributed by atoms with Crippen molar-refractivity contribution in [3.8, 4) is 17.2 Å². The highest BCUT2D eigenvalue weighted by atomic mass is 32.1. The number of benzene rings is 1. The summed E-state index contributed by atoms with van der Waals surface area (Å²) in [6.45, 7) is 1.20. The van der Waals surface area contributed by atoms with Gasteiger partial charge in [0.15, 0.2) is 16.6 Å². The molecule has 1 atom stereocenters. The number of ether oxygens (including phenoxy) is 3. The molecule has 0 radical (unpaired) electrons. The molecule has 0 spiro atoms. The smallest absolute Gasteiger partial charge is 0.231 e. The first-order chi connectivity index (χ1) is 10.8. The number of likely N-dealkylation sites (N-methyl/N-ethyl adjacent to an activating group) is 1. The summed E-state index contributed by atoms with van der Waals surface area (Å²) in [4.78, 5) is 6.59. The Morgan fingerprint density at radius 2 is 2.36 bits per heavy atom. The van der Waals surface area contributed by atoms with Crippen LogP contribution in [0.4, 0.5) is 5.13 Å². The molecular formula is C15H17N3O3S. The van der Waals surface area contributed by atoms with Crippen molar-refractivity contribution in [3.63, 3.8) is 0 Å². The highest BCUT2D eigenvalue weighted by Crippen LogP contribution is 2.49. The molecule has 0 aliphatic carbocycles. The van der Waals surface area contributed by atoms with E-state index in [9.17, 15) is 0 Å². The van der Waals surface area contributed by atoms with Crippen molar-refractivity contribution in [2.45, 2.75) is 12.6 Å². The predicted octanol–water partition coefficient (Wildman–Crippen LogP) is 2.48. The molecular weight excluding hydrogens is 302 g/mol. The molecule has 1 aromatic carbocycles. The first kappa shape index (κ1) is 13.7. The highest BCUT2D eigenvalue weighted by molar-refractivity contribution is 7.13. The SMILES string of the molecule is COc1c2c(cc3c1[C@@H](Nc1nccs1)N(C)CC3)OCO2. The van der Waals surface area contributed by atoms with Crippen molar-refractivity contribution in [2.24, 2.45) is 0 Å². The Morgan fingerprint density at radius 1 is 1.45 bits per heavy atom. The third-order valence-corrected chi connectivity index (χ3v) is 4.79. The molecule has 2 aromatic rings. The Labute approximate surface area is 132 Å². The molecule has 116 valence electrons. The fourth-order valence-corrected chi connectivity index (χ4v) is 3.58. The number of anilines is 1. The zero-order valence-electron chi connectivity index (χ0n) is 12.5. The molecule has 2 aliphatic rings. The van der Waals surface area contributed by atoms with Gasteiger partial charge in [-0.3, -0.25) is 4.90 Å². The quantitative estimate of drug-likeness (QED) is 0.938. The Morgan fingerprint density at radius 3 is 3.14 bits per heavy atom. The standard InChI is InChI=1S/C15H17N3O3S/c1-18-5-3-9-7-10-12(21-8-20-10)13(19-2)11(9)14(18)17-15-16-4-6-22-15/h4,6-7,14H,3,5,8H2,1-2H3,(H,16,17)/t14-/m0/s1. The maximum absolute atomic E-state index is 5.66. The zero-order valence-corrected chi connectivity index (χ0v) is 13.3. The second-order valence-corrected chi connectivity index (χ2v) is 6.23. The van der Waals surface area contributed by atoms with Crippen molar-refractivity contribution >= 4 is 16.5 Å². The minimum Gasteiger partial charge on any atom is -0.492 e. The van der Waals surface area contributed by atoms with Gasteiger partial charge in [0.05, 0.1) is 7.11 Å². The molecule has 0 unspecified atom stereocenters. The van der Waals surface area contributed by atoms with E-state index >= 15 is 0 Å². The molecule has 22 heavy (non-hydrogen) atoms. The van der Waals surface area contributed by atoms with Gasteiger partial charge < -0.3 is 19.5 Å². The van der Waals surface area contributed by atoms with E-state index in [1.165, 1.54) is 5.56 Å². The summed E-state index contributed by atoms with van der Waals surface area (Å²) in [5, 5.41) is 6.34. The third-order valence-electron chi connectivity index (χ3n) is 4.09. The number of thiazole rings is 1. The van der Waals surface area contributed by atoms with Crippen LogP contribution in [-0.2, 0) is 6.42 Å². The van der Waals surface area contributed by atoms with Crippen molar-refractivity contribution in [2.75, 3.05) is 32.8 Å². The zero-order chi connectivity index (χ0) is 15.1. The molecule has 2 aliphatic heterocycles. The van der Waals surface area contributed by atoms with E-state index in [2.05, 4.69) is 28.3 Å². The fraction of sp³-hybridized carbons (Fsp3) is 0.400. The molecule has 0 saturated heterocycles. The molecule has 1 aromatic heterocycles. The minimum absolute atomic E-state index is 0.000602. The number of nitrogens with zero attached hydrogens (tertiary/aromatic N) is 2. The molecule has 7 heteroatoms. The van der Waals surface area contributed by atoms with Crippen LogP contribution in [0.2, 0.25) is 0 Å². The van der Waals surface area contributed by atoms with Crippen LogP contribution in [0, 0.1) is 0 Å². The van der Waals surface area contributed by atoms with E-state index in [1.807, 2.05) is 5.38 Å². The lowest BCUT2D eigenvalue weighted by atomic mass is 9.95. The Hall–Kier alpha value is -1.99. The summed E-state index contributed by atoms with van der Waals surface area (Å²) in [5.41, 5.74) is 2.34. The van der Waals surface area contributed by atoms with E-state index in [0.29, 0.717) is 5.75 Å². The molecule has 0 fully saturated rings. The van der Waals surface area contributed by atoms with Crippen molar-refractivity contribution < 1.29 is 14.2 Å². The largest absolute Gasteiger partial charge is 0.492 e. The first-order valence-corrected chi connectivity index (χ1v) is 8.01. The van der Waals surface area contributed by atoms with Gasteiger partial charge in [-0.2, -0.15) is 0 Å². The van der Waals surface area contributed by atoms with Gasteiger partial charge in [0.2, 0.25) is 12.5 Å². The van der Waals surface area contributed by atoms with E-state index in [-0.39, 0.29) is 13.0 Å². The normalized spacial score (nSPS) is 19.8. The van der Waals surface area contributed by atoms with E-state index < -0.39 is 0 Å². The number of rotatable bonds is 3. The van der Waals surface area contributed by atoms with Gasteiger partial charge in [0.25, 0.3) is 0 Å². The van der Waals surface area contributed by atoms with Crippen LogP contribution in [0.1, 0.15) is 17.3 Å². The van der Waals surface area contributed by atoms with Gasteiger partial charge in [-0.1, -0.05) is 0 Å². The summed E-state index contributed by atoms with van der Waals surface area (Å²) >= 11 is 1.59. The summed E-state index contributed by atoms with van der Waals surface area (Å²) in [6.07, 6.45) is 2.75. The van der Waals surface area contributed by atoms with Crippen molar-refractivity contribution in [3.05, 3.63) is 28.8 Å². The number of nitrogens with one attached hydrogen (secondary N) is 1. The van der Waals surface area contributed by atoms with Gasteiger partial charge >= 0.3 is 0 Å². The Kier molecular flexibility index (Phi) is 3.31. The van der Waals surface area contributed by atoms with Crippen LogP contribution in [0.15, 0.2) is 17.6 Å². The molecule has 3 heterocycles. The monoisotopic (exact) mass is 319 g/mol. The van der Waals surface area contributed by atoms with Crippen LogP contribution in [0.3, 0.4) is 0 Å². The second kappa shape index (κ2) is 5.33. The van der Waals surface area contributed by atoms with Gasteiger partial charge in [-0.15, -0.1) is 11.3 Å². The van der Waals surface area contributed by atoms with E-state index in [1.54, 1.807) is 24.6 Å². The van der Waals surface area contributed by atoms with Crippen molar-refractivity contribution in [1.29, 1.82) is 0 Å². The first-order valence-electron chi connectivity index (χ1n) is 7.13. The molecule has 4 rings (SSSR count). The lowest BCUT2D eigenvalue weighted by Gasteiger charge is -2.36. The van der Waals surface area contributed by atoms with Crippen LogP contribution in [-0.4, -0.2) is 37.4 Å². The molecule has 1 N–H and O–H groups in total. The topological polar surface area (TPSA) is 55.9 Å². The average Bonchev–Trinajstić information content (AvgIpc) is 3.19. The summed E-state index contributed by atoms with van der Waals surface area (Å²) in [6, 6.07) is 2.07.